The molecule has 0 aromatic carbocycles. The highest BCUT2D eigenvalue weighted by Crippen LogP contribution is 2.20. The fourth-order valence-corrected chi connectivity index (χ4v) is 1.86. The average molecular weight is 213 g/mol. The topological polar surface area (TPSA) is 36.7 Å². The van der Waals surface area contributed by atoms with Gasteiger partial charge in [-0.2, -0.15) is 5.26 Å². The van der Waals surface area contributed by atoms with Gasteiger partial charge in [-0.1, -0.05) is 18.5 Å². The van der Waals surface area contributed by atoms with Crippen molar-refractivity contribution >= 4 is 23.4 Å². The van der Waals surface area contributed by atoms with Crippen LogP contribution in [0.25, 0.3) is 0 Å². The third-order valence-electron chi connectivity index (χ3n) is 1.35. The number of hydrogen-bond donors (Lipinski definition) is 0. The predicted molar refractivity (Wildman–Crippen MR) is 55.0 cm³/mol. The van der Waals surface area contributed by atoms with E-state index in [-0.39, 0.29) is 0 Å². The van der Waals surface area contributed by atoms with Gasteiger partial charge >= 0.3 is 0 Å². The molecular formula is C9H9ClN2S. The molecule has 0 bridgehead atoms. The van der Waals surface area contributed by atoms with E-state index in [0.29, 0.717) is 10.7 Å². The van der Waals surface area contributed by atoms with Crippen molar-refractivity contribution in [1.82, 2.24) is 4.98 Å². The zero-order chi connectivity index (χ0) is 9.68. The van der Waals surface area contributed by atoms with E-state index in [1.165, 1.54) is 0 Å². The van der Waals surface area contributed by atoms with Crippen LogP contribution in [0.2, 0.25) is 5.15 Å². The maximum Gasteiger partial charge on any atom is 0.131 e. The summed E-state index contributed by atoms with van der Waals surface area (Å²) in [7, 11) is 0. The number of nitriles is 1. The Kier molecular flexibility index (Phi) is 4.07. The molecule has 0 unspecified atom stereocenters. The molecule has 0 fully saturated rings. The van der Waals surface area contributed by atoms with E-state index in [0.717, 1.165) is 17.2 Å². The third kappa shape index (κ3) is 3.25. The van der Waals surface area contributed by atoms with E-state index in [4.69, 9.17) is 16.9 Å². The molecule has 1 aromatic rings. The Morgan fingerprint density at radius 1 is 1.62 bits per heavy atom. The molecule has 0 saturated carbocycles. The minimum Gasteiger partial charge on any atom is -0.230 e. The summed E-state index contributed by atoms with van der Waals surface area (Å²) in [4.78, 5) is 4.10. The molecule has 0 N–H and O–H groups in total. The molecule has 0 radical (unpaired) electrons. The molecule has 0 atom stereocenters. The van der Waals surface area contributed by atoms with Gasteiger partial charge in [0.25, 0.3) is 0 Å². The molecule has 0 aliphatic carbocycles. The maximum atomic E-state index is 8.67. The van der Waals surface area contributed by atoms with Crippen LogP contribution in [-0.4, -0.2) is 10.7 Å². The summed E-state index contributed by atoms with van der Waals surface area (Å²) in [5.41, 5.74) is 0.568. The van der Waals surface area contributed by atoms with Crippen LogP contribution in [0.1, 0.15) is 18.9 Å². The van der Waals surface area contributed by atoms with Crippen molar-refractivity contribution in [3.63, 3.8) is 0 Å². The Hall–Kier alpha value is -0.720. The van der Waals surface area contributed by atoms with Crippen molar-refractivity contribution in [1.29, 1.82) is 5.26 Å². The molecule has 68 valence electrons. The van der Waals surface area contributed by atoms with Gasteiger partial charge in [-0.3, -0.25) is 0 Å². The van der Waals surface area contributed by atoms with Crippen molar-refractivity contribution in [3.05, 3.63) is 22.8 Å². The zero-order valence-corrected chi connectivity index (χ0v) is 8.82. The fourth-order valence-electron chi connectivity index (χ4n) is 0.818. The minimum atomic E-state index is 0.387. The quantitative estimate of drug-likeness (QED) is 0.571. The minimum absolute atomic E-state index is 0.387. The second kappa shape index (κ2) is 5.11. The summed E-state index contributed by atoms with van der Waals surface area (Å²) in [6, 6.07) is 5.37. The lowest BCUT2D eigenvalue weighted by Crippen LogP contribution is -1.85. The van der Waals surface area contributed by atoms with Crippen LogP contribution in [0.4, 0.5) is 0 Å². The number of pyridine rings is 1. The van der Waals surface area contributed by atoms with Gasteiger partial charge in [0, 0.05) is 0 Å². The molecule has 0 amide bonds. The van der Waals surface area contributed by atoms with Gasteiger partial charge in [-0.25, -0.2) is 4.98 Å². The van der Waals surface area contributed by atoms with Gasteiger partial charge in [0.15, 0.2) is 0 Å². The van der Waals surface area contributed by atoms with E-state index >= 15 is 0 Å². The summed E-state index contributed by atoms with van der Waals surface area (Å²) >= 11 is 7.35. The lowest BCUT2D eigenvalue weighted by atomic mass is 10.3. The van der Waals surface area contributed by atoms with Crippen LogP contribution in [0, 0.1) is 11.3 Å². The molecule has 0 spiro atoms. The lowest BCUT2D eigenvalue weighted by Gasteiger charge is -1.99. The summed E-state index contributed by atoms with van der Waals surface area (Å²) in [6.07, 6.45) is 1.08. The first-order valence-corrected chi connectivity index (χ1v) is 5.33. The smallest absolute Gasteiger partial charge is 0.131 e. The zero-order valence-electron chi connectivity index (χ0n) is 7.25. The Balaban J connectivity index is 2.83. The molecule has 0 aliphatic rings. The number of aromatic nitrogens is 1. The second-order valence-corrected chi connectivity index (χ2v) is 3.98. The molecule has 4 heteroatoms. The molecule has 2 nitrogen and oxygen atoms in total. The van der Waals surface area contributed by atoms with Crippen LogP contribution in [0.3, 0.4) is 0 Å². The van der Waals surface area contributed by atoms with Crippen LogP contribution >= 0.6 is 23.4 Å². The number of thioether (sulfide) groups is 1. The van der Waals surface area contributed by atoms with Crippen molar-refractivity contribution in [2.45, 2.75) is 18.4 Å². The Morgan fingerprint density at radius 2 is 2.38 bits per heavy atom. The van der Waals surface area contributed by atoms with Crippen LogP contribution in [0.5, 0.6) is 0 Å². The first-order valence-electron chi connectivity index (χ1n) is 3.96. The van der Waals surface area contributed by atoms with Gasteiger partial charge in [0.2, 0.25) is 0 Å². The summed E-state index contributed by atoms with van der Waals surface area (Å²) in [5.74, 6) is 0.998. The highest BCUT2D eigenvalue weighted by atomic mass is 35.5. The number of nitrogens with zero attached hydrogens (tertiary/aromatic N) is 2. The first kappa shape index (κ1) is 10.4. The molecule has 1 rings (SSSR count). The van der Waals surface area contributed by atoms with Crippen molar-refractivity contribution in [3.8, 4) is 6.07 Å². The Labute approximate surface area is 86.9 Å². The van der Waals surface area contributed by atoms with E-state index in [9.17, 15) is 0 Å². The standard InChI is InChI=1S/C9H9ClN2S/c1-2-3-13-9-5-7(6-11)4-8(10)12-9/h4-5H,2-3H2,1H3. The monoisotopic (exact) mass is 212 g/mol. The normalized spacial score (nSPS) is 9.62. The maximum absolute atomic E-state index is 8.67. The molecule has 13 heavy (non-hydrogen) atoms. The number of rotatable bonds is 3. The Bertz CT molecular complexity index is 333. The van der Waals surface area contributed by atoms with E-state index in [2.05, 4.69) is 11.9 Å². The molecule has 1 aromatic heterocycles. The fraction of sp³-hybridized carbons (Fsp3) is 0.333. The molecule has 1 heterocycles. The first-order chi connectivity index (χ1) is 6.26. The van der Waals surface area contributed by atoms with Crippen molar-refractivity contribution in [2.24, 2.45) is 0 Å². The van der Waals surface area contributed by atoms with Gasteiger partial charge in [0.1, 0.15) is 5.15 Å². The summed E-state index contributed by atoms with van der Waals surface area (Å²) in [6.45, 7) is 2.10. The van der Waals surface area contributed by atoms with Gasteiger partial charge in [-0.15, -0.1) is 11.8 Å². The van der Waals surface area contributed by atoms with E-state index in [1.54, 1.807) is 23.9 Å². The third-order valence-corrected chi connectivity index (χ3v) is 2.66. The largest absolute Gasteiger partial charge is 0.230 e. The van der Waals surface area contributed by atoms with Crippen molar-refractivity contribution in [2.75, 3.05) is 5.75 Å². The van der Waals surface area contributed by atoms with Gasteiger partial charge in [-0.05, 0) is 24.3 Å². The van der Waals surface area contributed by atoms with Gasteiger partial charge in [0.05, 0.1) is 16.7 Å². The molecular weight excluding hydrogens is 204 g/mol. The van der Waals surface area contributed by atoms with E-state index in [1.807, 2.05) is 6.07 Å². The second-order valence-electron chi connectivity index (χ2n) is 2.48. The summed E-state index contributed by atoms with van der Waals surface area (Å²) < 4.78 is 0. The van der Waals surface area contributed by atoms with Gasteiger partial charge < -0.3 is 0 Å². The Morgan fingerprint density at radius 3 is 3.00 bits per heavy atom. The lowest BCUT2D eigenvalue weighted by molar-refractivity contribution is 1.08. The number of halogens is 1. The van der Waals surface area contributed by atoms with Crippen LogP contribution in [-0.2, 0) is 0 Å². The average Bonchev–Trinajstić information content (AvgIpc) is 2.14. The number of hydrogen-bond acceptors (Lipinski definition) is 3. The van der Waals surface area contributed by atoms with E-state index < -0.39 is 0 Å². The highest BCUT2D eigenvalue weighted by molar-refractivity contribution is 7.99. The van der Waals surface area contributed by atoms with Crippen LogP contribution < -0.4 is 0 Å². The molecule has 0 saturated heterocycles. The van der Waals surface area contributed by atoms with Crippen LogP contribution in [0.15, 0.2) is 17.2 Å². The highest BCUT2D eigenvalue weighted by Gasteiger charge is 2.00. The predicted octanol–water partition coefficient (Wildman–Crippen LogP) is 3.11. The SMILES string of the molecule is CCCSc1cc(C#N)cc(Cl)n1. The van der Waals surface area contributed by atoms with Crippen molar-refractivity contribution < 1.29 is 0 Å². The summed E-state index contributed by atoms with van der Waals surface area (Å²) in [5, 5.41) is 9.88. The molecule has 0 aliphatic heterocycles.